The van der Waals surface area contributed by atoms with Crippen molar-refractivity contribution in [3.05, 3.63) is 64.7 Å². The lowest BCUT2D eigenvalue weighted by Gasteiger charge is -2.13. The van der Waals surface area contributed by atoms with Crippen LogP contribution in [0, 0.1) is 0 Å². The molecule has 0 heterocycles. The van der Waals surface area contributed by atoms with E-state index in [0.29, 0.717) is 16.5 Å². The van der Waals surface area contributed by atoms with Crippen molar-refractivity contribution in [3.63, 3.8) is 0 Å². The molecule has 0 unspecified atom stereocenters. The minimum atomic E-state index is -0.117. The Bertz CT molecular complexity index is 605. The summed E-state index contributed by atoms with van der Waals surface area (Å²) in [6.45, 7) is 4.18. The quantitative estimate of drug-likeness (QED) is 0.744. The molecule has 2 rings (SSSR count). The molecule has 0 aliphatic carbocycles. The Morgan fingerprint density at radius 2 is 1.75 bits per heavy atom. The van der Waals surface area contributed by atoms with E-state index in [4.69, 9.17) is 16.3 Å². The minimum Gasteiger partial charge on any atom is -0.485 e. The third-order valence-electron chi connectivity index (χ3n) is 3.07. The van der Waals surface area contributed by atoms with Crippen LogP contribution in [-0.2, 0) is 0 Å². The van der Waals surface area contributed by atoms with Gasteiger partial charge in [-0.15, -0.1) is 0 Å². The molecule has 0 atom stereocenters. The molecule has 0 bridgehead atoms. The van der Waals surface area contributed by atoms with E-state index in [9.17, 15) is 4.79 Å². The number of benzene rings is 2. The van der Waals surface area contributed by atoms with E-state index in [1.807, 2.05) is 24.3 Å². The summed E-state index contributed by atoms with van der Waals surface area (Å²) in [5, 5.41) is 0.457. The topological polar surface area (TPSA) is 26.3 Å². The molecule has 2 nitrogen and oxygen atoms in total. The van der Waals surface area contributed by atoms with Gasteiger partial charge in [-0.3, -0.25) is 4.79 Å². The van der Waals surface area contributed by atoms with Crippen LogP contribution in [-0.4, -0.2) is 12.4 Å². The predicted molar refractivity (Wildman–Crippen MR) is 81.8 cm³/mol. The zero-order valence-electron chi connectivity index (χ0n) is 11.6. The number of ketones is 1. The summed E-state index contributed by atoms with van der Waals surface area (Å²) in [5.74, 6) is 0.985. The van der Waals surface area contributed by atoms with Gasteiger partial charge in [0, 0.05) is 5.56 Å². The average molecular weight is 289 g/mol. The van der Waals surface area contributed by atoms with Crippen molar-refractivity contribution in [1.29, 1.82) is 0 Å². The maximum atomic E-state index is 12.1. The van der Waals surface area contributed by atoms with Crippen molar-refractivity contribution >= 4 is 17.4 Å². The van der Waals surface area contributed by atoms with Crippen molar-refractivity contribution in [2.45, 2.75) is 19.8 Å². The molecule has 0 saturated heterocycles. The first-order valence-corrected chi connectivity index (χ1v) is 6.97. The summed E-state index contributed by atoms with van der Waals surface area (Å²) < 4.78 is 5.66. The number of halogens is 1. The minimum absolute atomic E-state index is 0.00648. The molecule has 2 aromatic carbocycles. The number of para-hydroxylation sites is 1. The first-order chi connectivity index (χ1) is 9.59. The fourth-order valence-corrected chi connectivity index (χ4v) is 2.24. The lowest BCUT2D eigenvalue weighted by atomic mass is 10.0. The van der Waals surface area contributed by atoms with Crippen molar-refractivity contribution in [1.82, 2.24) is 0 Å². The van der Waals surface area contributed by atoms with E-state index < -0.39 is 0 Å². The average Bonchev–Trinajstić information content (AvgIpc) is 2.45. The molecule has 3 heteroatoms. The SMILES string of the molecule is CC(C)c1ccccc1OCC(=O)c1ccccc1Cl. The van der Waals surface area contributed by atoms with Crippen molar-refractivity contribution in [2.75, 3.05) is 6.61 Å². The smallest absolute Gasteiger partial charge is 0.201 e. The molecule has 20 heavy (non-hydrogen) atoms. The second kappa shape index (κ2) is 6.58. The van der Waals surface area contributed by atoms with Gasteiger partial charge in [0.15, 0.2) is 6.61 Å². The van der Waals surface area contributed by atoms with Crippen LogP contribution < -0.4 is 4.74 Å². The van der Waals surface area contributed by atoms with Gasteiger partial charge in [0.2, 0.25) is 5.78 Å². The molecule has 0 fully saturated rings. The van der Waals surface area contributed by atoms with E-state index in [1.165, 1.54) is 0 Å². The Morgan fingerprint density at radius 1 is 1.10 bits per heavy atom. The number of carbonyl (C=O) groups excluding carboxylic acids is 1. The zero-order chi connectivity index (χ0) is 14.5. The molecule has 0 amide bonds. The van der Waals surface area contributed by atoms with E-state index in [0.717, 1.165) is 11.3 Å². The van der Waals surface area contributed by atoms with E-state index in [-0.39, 0.29) is 12.4 Å². The summed E-state index contributed by atoms with van der Waals surface area (Å²) in [5.41, 5.74) is 1.59. The van der Waals surface area contributed by atoms with Gasteiger partial charge < -0.3 is 4.74 Å². The van der Waals surface area contributed by atoms with Crippen LogP contribution in [0.5, 0.6) is 5.75 Å². The normalized spacial score (nSPS) is 10.6. The lowest BCUT2D eigenvalue weighted by molar-refractivity contribution is 0.0921. The van der Waals surface area contributed by atoms with E-state index >= 15 is 0 Å². The van der Waals surface area contributed by atoms with Gasteiger partial charge in [-0.25, -0.2) is 0 Å². The molecular formula is C17H17ClO2. The van der Waals surface area contributed by atoms with Gasteiger partial charge in [-0.2, -0.15) is 0 Å². The Kier molecular flexibility index (Phi) is 4.80. The van der Waals surface area contributed by atoms with Gasteiger partial charge in [-0.1, -0.05) is 55.8 Å². The van der Waals surface area contributed by atoms with Gasteiger partial charge >= 0.3 is 0 Å². The summed E-state index contributed by atoms with van der Waals surface area (Å²) in [4.78, 5) is 12.1. The summed E-state index contributed by atoms with van der Waals surface area (Å²) >= 11 is 6.01. The van der Waals surface area contributed by atoms with E-state index in [1.54, 1.807) is 24.3 Å². The van der Waals surface area contributed by atoms with Crippen molar-refractivity contribution < 1.29 is 9.53 Å². The van der Waals surface area contributed by atoms with Crippen LogP contribution >= 0.6 is 11.6 Å². The Morgan fingerprint density at radius 3 is 2.45 bits per heavy atom. The number of hydrogen-bond donors (Lipinski definition) is 0. The fraction of sp³-hybridized carbons (Fsp3) is 0.235. The highest BCUT2D eigenvalue weighted by Gasteiger charge is 2.12. The maximum Gasteiger partial charge on any atom is 0.201 e. The monoisotopic (exact) mass is 288 g/mol. The molecule has 104 valence electrons. The standard InChI is InChI=1S/C17H17ClO2/c1-12(2)13-7-4-6-10-17(13)20-11-16(19)14-8-3-5-9-15(14)18/h3-10,12H,11H2,1-2H3. The Hall–Kier alpha value is -1.80. The van der Waals surface area contributed by atoms with Gasteiger partial charge in [0.25, 0.3) is 0 Å². The highest BCUT2D eigenvalue weighted by molar-refractivity contribution is 6.34. The molecule has 0 radical (unpaired) electrons. The van der Waals surface area contributed by atoms with Gasteiger partial charge in [0.05, 0.1) is 5.02 Å². The lowest BCUT2D eigenvalue weighted by Crippen LogP contribution is -2.13. The molecular weight excluding hydrogens is 272 g/mol. The van der Waals surface area contributed by atoms with Crippen LogP contribution in [0.2, 0.25) is 5.02 Å². The molecule has 2 aromatic rings. The third-order valence-corrected chi connectivity index (χ3v) is 3.40. The Balaban J connectivity index is 2.10. The van der Waals surface area contributed by atoms with Crippen LogP contribution in [0.3, 0.4) is 0 Å². The summed E-state index contributed by atoms with van der Waals surface area (Å²) in [6.07, 6.45) is 0. The molecule has 0 aliphatic rings. The van der Waals surface area contributed by atoms with Crippen LogP contribution in [0.1, 0.15) is 35.7 Å². The van der Waals surface area contributed by atoms with Crippen LogP contribution in [0.15, 0.2) is 48.5 Å². The molecule has 0 aromatic heterocycles. The number of carbonyl (C=O) groups is 1. The zero-order valence-corrected chi connectivity index (χ0v) is 12.4. The van der Waals surface area contributed by atoms with Crippen LogP contribution in [0.25, 0.3) is 0 Å². The molecule has 0 spiro atoms. The number of ether oxygens (including phenoxy) is 1. The first kappa shape index (κ1) is 14.6. The second-order valence-electron chi connectivity index (χ2n) is 4.88. The fourth-order valence-electron chi connectivity index (χ4n) is 2.00. The van der Waals surface area contributed by atoms with E-state index in [2.05, 4.69) is 13.8 Å². The number of hydrogen-bond acceptors (Lipinski definition) is 2. The second-order valence-corrected chi connectivity index (χ2v) is 5.29. The summed E-state index contributed by atoms with van der Waals surface area (Å²) in [6, 6.07) is 14.8. The van der Waals surface area contributed by atoms with Crippen LogP contribution in [0.4, 0.5) is 0 Å². The number of rotatable bonds is 5. The first-order valence-electron chi connectivity index (χ1n) is 6.59. The summed E-state index contributed by atoms with van der Waals surface area (Å²) in [7, 11) is 0. The predicted octanol–water partition coefficient (Wildman–Crippen LogP) is 4.73. The van der Waals surface area contributed by atoms with Gasteiger partial charge in [-0.05, 0) is 29.7 Å². The van der Waals surface area contributed by atoms with Gasteiger partial charge in [0.1, 0.15) is 5.75 Å². The Labute approximate surface area is 124 Å². The maximum absolute atomic E-state index is 12.1. The van der Waals surface area contributed by atoms with Crippen molar-refractivity contribution in [3.8, 4) is 5.75 Å². The molecule has 0 saturated carbocycles. The largest absolute Gasteiger partial charge is 0.485 e. The molecule has 0 N–H and O–H groups in total. The third kappa shape index (κ3) is 3.40. The molecule has 0 aliphatic heterocycles. The number of Topliss-reactive ketones (excluding diaryl/α,β-unsaturated/α-hetero) is 1. The highest BCUT2D eigenvalue weighted by atomic mass is 35.5. The highest BCUT2D eigenvalue weighted by Crippen LogP contribution is 2.26. The van der Waals surface area contributed by atoms with Crippen molar-refractivity contribution in [2.24, 2.45) is 0 Å².